The van der Waals surface area contributed by atoms with Crippen LogP contribution in [0.1, 0.15) is 36.6 Å². The Balaban J connectivity index is 1.40. The number of aliphatic imine (C=N–C) groups is 1. The molecule has 1 aliphatic heterocycles. The fraction of sp³-hybridized carbons (Fsp3) is 0.318. The Labute approximate surface area is 167 Å². The number of aromatic nitrogens is 2. The van der Waals surface area contributed by atoms with Crippen LogP contribution in [0, 0.1) is 24.5 Å². The highest BCUT2D eigenvalue weighted by Gasteiger charge is 2.28. The van der Waals surface area contributed by atoms with E-state index in [4.69, 9.17) is 4.74 Å². The van der Waals surface area contributed by atoms with Crippen LogP contribution < -0.4 is 10.1 Å². The third-order valence-electron chi connectivity index (χ3n) is 5.32. The number of nitrogens with one attached hydrogen (secondary N) is 1. The van der Waals surface area contributed by atoms with Crippen molar-refractivity contribution in [1.29, 1.82) is 0 Å². The highest BCUT2D eigenvalue weighted by atomic mass is 19.1. The number of halogens is 2. The lowest BCUT2D eigenvalue weighted by Gasteiger charge is -2.11. The molecule has 29 heavy (non-hydrogen) atoms. The normalized spacial score (nSPS) is 17.6. The third-order valence-corrected chi connectivity index (χ3v) is 5.32. The summed E-state index contributed by atoms with van der Waals surface area (Å²) in [6, 6.07) is 2.77. The van der Waals surface area contributed by atoms with Crippen LogP contribution in [0.25, 0.3) is 6.08 Å². The first-order valence-corrected chi connectivity index (χ1v) is 9.70. The second-order valence-corrected chi connectivity index (χ2v) is 7.83. The van der Waals surface area contributed by atoms with E-state index in [0.29, 0.717) is 36.0 Å². The van der Waals surface area contributed by atoms with Crippen molar-refractivity contribution in [3.8, 4) is 11.8 Å². The molecule has 2 aromatic rings. The van der Waals surface area contributed by atoms with E-state index in [9.17, 15) is 8.78 Å². The summed E-state index contributed by atoms with van der Waals surface area (Å²) in [6.07, 6.45) is 6.58. The lowest BCUT2D eigenvalue weighted by atomic mass is 10.1. The van der Waals surface area contributed by atoms with Crippen molar-refractivity contribution in [1.82, 2.24) is 9.97 Å². The molecule has 1 fully saturated rings. The molecule has 1 N–H and O–H groups in total. The Morgan fingerprint density at radius 1 is 1.10 bits per heavy atom. The minimum atomic E-state index is -0.602. The first-order valence-electron chi connectivity index (χ1n) is 9.70. The van der Waals surface area contributed by atoms with Gasteiger partial charge in [-0.15, -0.1) is 0 Å². The molecule has 0 saturated heterocycles. The molecule has 2 heterocycles. The van der Waals surface area contributed by atoms with Crippen LogP contribution in [-0.2, 0) is 6.42 Å². The van der Waals surface area contributed by atoms with Gasteiger partial charge in [0.1, 0.15) is 17.5 Å². The molecular formula is C22H20F2N4O. The van der Waals surface area contributed by atoms with Crippen molar-refractivity contribution in [2.24, 2.45) is 10.9 Å². The van der Waals surface area contributed by atoms with Crippen LogP contribution in [0.15, 0.2) is 34.3 Å². The van der Waals surface area contributed by atoms with Gasteiger partial charge >= 0.3 is 6.01 Å². The molecule has 3 aliphatic rings. The van der Waals surface area contributed by atoms with E-state index in [1.54, 1.807) is 19.1 Å². The second kappa shape index (κ2) is 6.76. The molecule has 1 saturated carbocycles. The Kier molecular flexibility index (Phi) is 4.19. The number of hydrogen-bond donors (Lipinski definition) is 1. The summed E-state index contributed by atoms with van der Waals surface area (Å²) in [6.45, 7) is 4.34. The maximum atomic E-state index is 14.8. The fourth-order valence-corrected chi connectivity index (χ4v) is 3.74. The van der Waals surface area contributed by atoms with Crippen molar-refractivity contribution in [2.45, 2.75) is 33.1 Å². The molecule has 0 atom stereocenters. The van der Waals surface area contributed by atoms with Crippen LogP contribution in [0.4, 0.5) is 14.6 Å². The summed E-state index contributed by atoms with van der Waals surface area (Å²) < 4.78 is 34.8. The lowest BCUT2D eigenvalue weighted by Crippen LogP contribution is -2.10. The Morgan fingerprint density at radius 3 is 2.72 bits per heavy atom. The van der Waals surface area contributed by atoms with Gasteiger partial charge in [-0.25, -0.2) is 13.8 Å². The highest BCUT2D eigenvalue weighted by molar-refractivity contribution is 6.05. The number of nitrogens with zero attached hydrogens (tertiary/aromatic N) is 3. The van der Waals surface area contributed by atoms with E-state index in [0.717, 1.165) is 17.5 Å². The zero-order valence-electron chi connectivity index (χ0n) is 16.2. The van der Waals surface area contributed by atoms with Crippen LogP contribution >= 0.6 is 0 Å². The smallest absolute Gasteiger partial charge is 0.324 e. The van der Waals surface area contributed by atoms with Gasteiger partial charge in [0.25, 0.3) is 0 Å². The average molecular weight is 394 g/mol. The Morgan fingerprint density at radius 2 is 1.93 bits per heavy atom. The summed E-state index contributed by atoms with van der Waals surface area (Å²) in [5, 5.41) is 3.16. The largest absolute Gasteiger partial charge is 0.421 e. The molecule has 5 nitrogen and oxygen atoms in total. The topological polar surface area (TPSA) is 59.4 Å². The molecule has 0 unspecified atom stereocenters. The van der Waals surface area contributed by atoms with Crippen molar-refractivity contribution in [3.05, 3.63) is 57.8 Å². The van der Waals surface area contributed by atoms with Gasteiger partial charge in [-0.1, -0.05) is 11.6 Å². The number of anilines is 1. The van der Waals surface area contributed by atoms with Crippen molar-refractivity contribution in [3.63, 3.8) is 0 Å². The molecule has 5 rings (SSSR count). The number of ether oxygens (including phenoxy) is 1. The molecular weight excluding hydrogens is 374 g/mol. The van der Waals surface area contributed by atoms with Crippen molar-refractivity contribution < 1.29 is 13.5 Å². The number of fused-ring (bicyclic) bond motifs is 1. The van der Waals surface area contributed by atoms with Gasteiger partial charge in [0.2, 0.25) is 0 Å². The quantitative estimate of drug-likeness (QED) is 0.795. The van der Waals surface area contributed by atoms with Gasteiger partial charge in [-0.05, 0) is 50.7 Å². The standard InChI is InChI=1S/C22H20F2N4O/c1-11-5-15-16(6-11)21(24)18(9-17(15)23)29-22-26-12(2)7-20(28-22)27-19-8-14(10-25-19)13-3-4-13/h6-9,13H,3-5,10H2,1-2H3,(H,25,26,27,28). The number of rotatable bonds is 4. The first-order chi connectivity index (χ1) is 14.0. The first kappa shape index (κ1) is 18.0. The number of allylic oxidation sites excluding steroid dienone is 1. The molecule has 0 bridgehead atoms. The van der Waals surface area contributed by atoms with Gasteiger partial charge in [0, 0.05) is 29.0 Å². The SMILES string of the molecule is CC1=Cc2c(F)c(Oc3nc(C)cc(NC4=NCC(C5CC5)=C4)n3)cc(F)c2C1. The van der Waals surface area contributed by atoms with Gasteiger partial charge in [0.15, 0.2) is 11.6 Å². The van der Waals surface area contributed by atoms with Crippen LogP contribution in [0.2, 0.25) is 0 Å². The maximum Gasteiger partial charge on any atom is 0.324 e. The van der Waals surface area contributed by atoms with Crippen molar-refractivity contribution >= 4 is 17.7 Å². The van der Waals surface area contributed by atoms with E-state index in [2.05, 4.69) is 26.4 Å². The molecule has 0 amide bonds. The van der Waals surface area contributed by atoms with Gasteiger partial charge in [-0.3, -0.25) is 4.99 Å². The van der Waals surface area contributed by atoms with Gasteiger partial charge < -0.3 is 10.1 Å². The predicted octanol–water partition coefficient (Wildman–Crippen LogP) is 4.98. The van der Waals surface area contributed by atoms with Gasteiger partial charge in [-0.2, -0.15) is 4.98 Å². The number of aryl methyl sites for hydroxylation is 1. The minimum absolute atomic E-state index is 0.0468. The number of amidine groups is 1. The Hall–Kier alpha value is -3.09. The summed E-state index contributed by atoms with van der Waals surface area (Å²) in [7, 11) is 0. The van der Waals surface area contributed by atoms with E-state index < -0.39 is 11.6 Å². The summed E-state index contributed by atoms with van der Waals surface area (Å²) in [5.41, 5.74) is 3.48. The van der Waals surface area contributed by atoms with Gasteiger partial charge in [0.05, 0.1) is 6.54 Å². The lowest BCUT2D eigenvalue weighted by molar-refractivity contribution is 0.405. The van der Waals surface area contributed by atoms with Crippen LogP contribution in [-0.4, -0.2) is 22.3 Å². The summed E-state index contributed by atoms with van der Waals surface area (Å²) in [4.78, 5) is 13.0. The third kappa shape index (κ3) is 3.52. The second-order valence-electron chi connectivity index (χ2n) is 7.83. The minimum Gasteiger partial charge on any atom is -0.421 e. The fourth-order valence-electron chi connectivity index (χ4n) is 3.74. The zero-order valence-corrected chi connectivity index (χ0v) is 16.2. The van der Waals surface area contributed by atoms with E-state index in [1.165, 1.54) is 18.4 Å². The van der Waals surface area contributed by atoms with Crippen LogP contribution in [0.5, 0.6) is 11.8 Å². The highest BCUT2D eigenvalue weighted by Crippen LogP contribution is 2.38. The van der Waals surface area contributed by atoms with Crippen molar-refractivity contribution in [2.75, 3.05) is 11.9 Å². The molecule has 2 aliphatic carbocycles. The molecule has 0 radical (unpaired) electrons. The van der Waals surface area contributed by atoms with E-state index >= 15 is 0 Å². The summed E-state index contributed by atoms with van der Waals surface area (Å²) >= 11 is 0. The van der Waals surface area contributed by atoms with E-state index in [1.807, 2.05) is 6.92 Å². The molecule has 1 aromatic carbocycles. The number of hydrogen-bond acceptors (Lipinski definition) is 5. The Bertz CT molecular complexity index is 1120. The van der Waals surface area contributed by atoms with Crippen LogP contribution in [0.3, 0.4) is 0 Å². The zero-order chi connectivity index (χ0) is 20.1. The molecule has 148 valence electrons. The maximum absolute atomic E-state index is 14.8. The molecule has 1 aromatic heterocycles. The molecule has 7 heteroatoms. The average Bonchev–Trinajstić information content (AvgIpc) is 3.28. The monoisotopic (exact) mass is 394 g/mol. The van der Waals surface area contributed by atoms with E-state index in [-0.39, 0.29) is 17.3 Å². The molecule has 0 spiro atoms. The number of benzene rings is 1. The summed E-state index contributed by atoms with van der Waals surface area (Å²) in [5.74, 6) is 0.588. The predicted molar refractivity (Wildman–Crippen MR) is 107 cm³/mol.